The van der Waals surface area contributed by atoms with Gasteiger partial charge in [0.2, 0.25) is 11.8 Å². The minimum atomic E-state index is -1.42. The van der Waals surface area contributed by atoms with Gasteiger partial charge in [-0.2, -0.15) is 0 Å². The number of amides is 2. The van der Waals surface area contributed by atoms with Gasteiger partial charge >= 0.3 is 0 Å². The van der Waals surface area contributed by atoms with Gasteiger partial charge in [-0.3, -0.25) is 14.5 Å². The van der Waals surface area contributed by atoms with Crippen LogP contribution in [0, 0.1) is 5.92 Å². The first kappa shape index (κ1) is 13.3. The average Bonchev–Trinajstić information content (AvgIpc) is 2.66. The molecule has 19 heavy (non-hydrogen) atoms. The molecule has 1 fully saturated rings. The number of carboxylic acids is 1. The molecule has 1 aromatic carbocycles. The molecule has 1 aliphatic heterocycles. The second kappa shape index (κ2) is 5.22. The number of hydrogen-bond donors (Lipinski definition) is 0. The van der Waals surface area contributed by atoms with Crippen LogP contribution < -0.4 is 5.11 Å². The number of rotatable bonds is 4. The van der Waals surface area contributed by atoms with E-state index >= 15 is 0 Å². The molecule has 5 heteroatoms. The van der Waals surface area contributed by atoms with Crippen LogP contribution in [-0.4, -0.2) is 29.2 Å². The van der Waals surface area contributed by atoms with E-state index in [9.17, 15) is 19.5 Å². The number of likely N-dealkylation sites (tertiary alicyclic amines) is 1. The maximum absolute atomic E-state index is 12.1. The smallest absolute Gasteiger partial charge is 0.233 e. The van der Waals surface area contributed by atoms with Crippen LogP contribution in [0.2, 0.25) is 0 Å². The highest BCUT2D eigenvalue weighted by Crippen LogP contribution is 2.33. The number of hydrogen-bond acceptors (Lipinski definition) is 4. The van der Waals surface area contributed by atoms with Gasteiger partial charge in [-0.25, -0.2) is 0 Å². The van der Waals surface area contributed by atoms with E-state index in [2.05, 4.69) is 0 Å². The van der Waals surface area contributed by atoms with Crippen LogP contribution in [0.15, 0.2) is 30.3 Å². The summed E-state index contributed by atoms with van der Waals surface area (Å²) in [6.45, 7) is 1.21. The van der Waals surface area contributed by atoms with Crippen LogP contribution in [0.4, 0.5) is 0 Å². The quantitative estimate of drug-likeness (QED) is 0.709. The van der Waals surface area contributed by atoms with Gasteiger partial charge in [0.05, 0.1) is 18.4 Å². The lowest BCUT2D eigenvalue weighted by Gasteiger charge is -2.19. The highest BCUT2D eigenvalue weighted by atomic mass is 16.4. The lowest BCUT2D eigenvalue weighted by molar-refractivity contribution is -0.305. The van der Waals surface area contributed by atoms with Gasteiger partial charge in [-0.1, -0.05) is 37.3 Å². The number of imide groups is 1. The molecule has 1 heterocycles. The monoisotopic (exact) mass is 260 g/mol. The average molecular weight is 260 g/mol. The Morgan fingerprint density at radius 1 is 1.37 bits per heavy atom. The third-order valence-electron chi connectivity index (χ3n) is 3.49. The van der Waals surface area contributed by atoms with E-state index in [1.54, 1.807) is 0 Å². The van der Waals surface area contributed by atoms with E-state index in [0.717, 1.165) is 10.5 Å². The minimum absolute atomic E-state index is 0.0577. The molecule has 100 valence electrons. The molecule has 2 rings (SSSR count). The summed E-state index contributed by atoms with van der Waals surface area (Å²) >= 11 is 0. The molecule has 1 aromatic rings. The topological polar surface area (TPSA) is 77.5 Å². The normalized spacial score (nSPS) is 20.7. The van der Waals surface area contributed by atoms with Crippen molar-refractivity contribution in [3.8, 4) is 0 Å². The van der Waals surface area contributed by atoms with E-state index in [1.807, 2.05) is 37.3 Å². The van der Waals surface area contributed by atoms with Gasteiger partial charge in [-0.05, 0) is 11.5 Å². The van der Waals surface area contributed by atoms with E-state index in [-0.39, 0.29) is 12.3 Å². The number of carbonyl (C=O) groups excluding carboxylic acids is 3. The van der Waals surface area contributed by atoms with Crippen molar-refractivity contribution in [2.45, 2.75) is 19.3 Å². The van der Waals surface area contributed by atoms with Crippen LogP contribution in [-0.2, 0) is 14.4 Å². The molecule has 5 nitrogen and oxygen atoms in total. The SMILES string of the molecule is C[C@H](c1ccccc1)[C@H]1CC(=O)N(CC(=O)[O-])C1=O. The Labute approximate surface area is 110 Å². The maximum atomic E-state index is 12.1. The first-order valence-electron chi connectivity index (χ1n) is 6.09. The molecule has 0 bridgehead atoms. The van der Waals surface area contributed by atoms with Crippen molar-refractivity contribution in [1.29, 1.82) is 0 Å². The lowest BCUT2D eigenvalue weighted by atomic mass is 9.86. The van der Waals surface area contributed by atoms with Crippen molar-refractivity contribution >= 4 is 17.8 Å². The predicted octanol–water partition coefficient (Wildman–Crippen LogP) is -0.0849. The number of carbonyl (C=O) groups is 3. The van der Waals surface area contributed by atoms with E-state index in [1.165, 1.54) is 0 Å². The Balaban J connectivity index is 2.17. The number of nitrogens with zero attached hydrogens (tertiary/aromatic N) is 1. The highest BCUT2D eigenvalue weighted by Gasteiger charge is 2.41. The first-order valence-corrected chi connectivity index (χ1v) is 6.09. The van der Waals surface area contributed by atoms with Crippen molar-refractivity contribution in [1.82, 2.24) is 4.90 Å². The summed E-state index contributed by atoms with van der Waals surface area (Å²) in [4.78, 5) is 35.1. The molecular formula is C14H14NO4-. The zero-order chi connectivity index (χ0) is 14.0. The fourth-order valence-corrected chi connectivity index (χ4v) is 2.38. The summed E-state index contributed by atoms with van der Waals surface area (Å²) < 4.78 is 0. The third-order valence-corrected chi connectivity index (χ3v) is 3.49. The standard InChI is InChI=1S/C14H15NO4/c1-9(10-5-3-2-4-6-10)11-7-12(16)15(14(11)19)8-13(17)18/h2-6,9,11H,7-8H2,1H3,(H,17,18)/p-1/t9-,11-/m1/s1. The summed E-state index contributed by atoms with van der Waals surface area (Å²) in [5.74, 6) is -2.90. The summed E-state index contributed by atoms with van der Waals surface area (Å²) in [6, 6.07) is 9.39. The van der Waals surface area contributed by atoms with Crippen molar-refractivity contribution in [3.05, 3.63) is 35.9 Å². The Kier molecular flexibility index (Phi) is 3.64. The van der Waals surface area contributed by atoms with Gasteiger partial charge in [0.15, 0.2) is 0 Å². The summed E-state index contributed by atoms with van der Waals surface area (Å²) in [7, 11) is 0. The Morgan fingerprint density at radius 3 is 2.58 bits per heavy atom. The van der Waals surface area contributed by atoms with E-state index in [0.29, 0.717) is 0 Å². The molecule has 0 unspecified atom stereocenters. The Morgan fingerprint density at radius 2 is 2.00 bits per heavy atom. The molecule has 0 spiro atoms. The summed E-state index contributed by atoms with van der Waals surface area (Å²) in [5.41, 5.74) is 0.962. The van der Waals surface area contributed by atoms with Gasteiger partial charge < -0.3 is 9.90 Å². The van der Waals surface area contributed by atoms with Crippen molar-refractivity contribution in [2.24, 2.45) is 5.92 Å². The molecule has 0 aromatic heterocycles. The molecule has 0 saturated carbocycles. The maximum Gasteiger partial charge on any atom is 0.233 e. The fourth-order valence-electron chi connectivity index (χ4n) is 2.38. The second-order valence-corrected chi connectivity index (χ2v) is 4.70. The first-order chi connectivity index (χ1) is 9.00. The van der Waals surface area contributed by atoms with Crippen molar-refractivity contribution in [3.63, 3.8) is 0 Å². The van der Waals surface area contributed by atoms with Gasteiger partial charge in [0, 0.05) is 6.42 Å². The zero-order valence-electron chi connectivity index (χ0n) is 10.5. The molecule has 2 atom stereocenters. The van der Waals surface area contributed by atoms with Crippen LogP contribution in [0.1, 0.15) is 24.8 Å². The molecule has 2 amide bonds. The number of carboxylic acid groups (broad SMARTS) is 1. The molecule has 1 saturated heterocycles. The van der Waals surface area contributed by atoms with Crippen molar-refractivity contribution in [2.75, 3.05) is 6.54 Å². The lowest BCUT2D eigenvalue weighted by Crippen LogP contribution is -2.41. The van der Waals surface area contributed by atoms with Crippen LogP contribution >= 0.6 is 0 Å². The summed E-state index contributed by atoms with van der Waals surface area (Å²) in [6.07, 6.45) is 0.0577. The van der Waals surface area contributed by atoms with Crippen LogP contribution in [0.25, 0.3) is 0 Å². The van der Waals surface area contributed by atoms with Crippen LogP contribution in [0.5, 0.6) is 0 Å². The van der Waals surface area contributed by atoms with E-state index in [4.69, 9.17) is 0 Å². The van der Waals surface area contributed by atoms with Crippen LogP contribution in [0.3, 0.4) is 0 Å². The van der Waals surface area contributed by atoms with Gasteiger partial charge in [0.25, 0.3) is 0 Å². The number of benzene rings is 1. The molecule has 1 aliphatic rings. The third kappa shape index (κ3) is 2.65. The largest absolute Gasteiger partial charge is 0.548 e. The van der Waals surface area contributed by atoms with Gasteiger partial charge in [-0.15, -0.1) is 0 Å². The fraction of sp³-hybridized carbons (Fsp3) is 0.357. The Bertz CT molecular complexity index is 511. The predicted molar refractivity (Wildman–Crippen MR) is 64.7 cm³/mol. The minimum Gasteiger partial charge on any atom is -0.548 e. The molecular weight excluding hydrogens is 246 g/mol. The second-order valence-electron chi connectivity index (χ2n) is 4.70. The Hall–Kier alpha value is -2.17. The van der Waals surface area contributed by atoms with Gasteiger partial charge in [0.1, 0.15) is 0 Å². The zero-order valence-corrected chi connectivity index (χ0v) is 10.5. The van der Waals surface area contributed by atoms with Crippen molar-refractivity contribution < 1.29 is 19.5 Å². The molecule has 0 aliphatic carbocycles. The van der Waals surface area contributed by atoms with E-state index < -0.39 is 30.2 Å². The highest BCUT2D eigenvalue weighted by molar-refractivity contribution is 6.05. The summed E-state index contributed by atoms with van der Waals surface area (Å²) in [5, 5.41) is 10.5. The molecule has 0 radical (unpaired) electrons. The molecule has 0 N–H and O–H groups in total. The number of aliphatic carboxylic acids is 1.